The van der Waals surface area contributed by atoms with E-state index in [1.807, 2.05) is 36.4 Å². The first-order valence-electron chi connectivity index (χ1n) is 13.4. The van der Waals surface area contributed by atoms with Gasteiger partial charge in [0.25, 0.3) is 0 Å². The van der Waals surface area contributed by atoms with Gasteiger partial charge < -0.3 is 29.4 Å². The van der Waals surface area contributed by atoms with Gasteiger partial charge in [0, 0.05) is 56.4 Å². The summed E-state index contributed by atoms with van der Waals surface area (Å²) in [5.74, 6) is -0.967. The SMILES string of the molecule is COCC(O)CN1CCc2c([nH]c3ccc(OC)cc23)C12CCN(CCOc1ccccc1)C2.O=C(O)C(F)(F)F. The van der Waals surface area contributed by atoms with Crippen LogP contribution in [0.3, 0.4) is 0 Å². The number of aliphatic hydroxyl groups is 1. The quantitative estimate of drug-likeness (QED) is 0.353. The lowest BCUT2D eigenvalue weighted by atomic mass is 9.83. The number of carboxylic acids is 1. The van der Waals surface area contributed by atoms with Gasteiger partial charge in [-0.05, 0) is 48.7 Å². The molecule has 2 atom stereocenters. The minimum atomic E-state index is -5.08. The van der Waals surface area contributed by atoms with Gasteiger partial charge in [-0.2, -0.15) is 13.2 Å². The number of nitrogens with zero attached hydrogens (tertiary/aromatic N) is 2. The molecule has 2 aliphatic heterocycles. The van der Waals surface area contributed by atoms with Crippen molar-refractivity contribution < 1.29 is 42.4 Å². The summed E-state index contributed by atoms with van der Waals surface area (Å²) in [5, 5.41) is 19.0. The van der Waals surface area contributed by atoms with E-state index >= 15 is 0 Å². The third-order valence-corrected chi connectivity index (χ3v) is 7.59. The number of aliphatic carboxylic acids is 1. The molecule has 1 spiro atoms. The highest BCUT2D eigenvalue weighted by Crippen LogP contribution is 2.45. The van der Waals surface area contributed by atoms with E-state index in [0.29, 0.717) is 19.8 Å². The fraction of sp³-hybridized carbons (Fsp3) is 0.483. The number of hydrogen-bond acceptors (Lipinski definition) is 7. The Hall–Kier alpha value is -3.32. The molecule has 3 N–H and O–H groups in total. The predicted molar refractivity (Wildman–Crippen MR) is 146 cm³/mol. The van der Waals surface area contributed by atoms with Gasteiger partial charge in [0.2, 0.25) is 0 Å². The van der Waals surface area contributed by atoms with Crippen molar-refractivity contribution in [3.05, 3.63) is 59.8 Å². The summed E-state index contributed by atoms with van der Waals surface area (Å²) in [4.78, 5) is 17.6. The van der Waals surface area contributed by atoms with E-state index in [1.165, 1.54) is 16.6 Å². The van der Waals surface area contributed by atoms with Crippen LogP contribution in [0.25, 0.3) is 10.9 Å². The molecule has 1 fully saturated rings. The maximum absolute atomic E-state index is 10.6. The molecule has 0 saturated carbocycles. The molecule has 12 heteroatoms. The normalized spacial score (nSPS) is 20.0. The predicted octanol–water partition coefficient (Wildman–Crippen LogP) is 3.66. The Bertz CT molecular complexity index is 1300. The van der Waals surface area contributed by atoms with Gasteiger partial charge in [0.1, 0.15) is 18.1 Å². The first-order valence-corrected chi connectivity index (χ1v) is 13.4. The lowest BCUT2D eigenvalue weighted by Gasteiger charge is -2.45. The molecule has 3 aromatic rings. The average Bonchev–Trinajstić information content (AvgIpc) is 3.53. The van der Waals surface area contributed by atoms with Crippen LogP contribution >= 0.6 is 0 Å². The summed E-state index contributed by atoms with van der Waals surface area (Å²) in [6, 6.07) is 16.3. The van der Waals surface area contributed by atoms with Gasteiger partial charge >= 0.3 is 12.1 Å². The average molecular weight is 580 g/mol. The third kappa shape index (κ3) is 7.13. The van der Waals surface area contributed by atoms with Crippen molar-refractivity contribution in [2.24, 2.45) is 0 Å². The largest absolute Gasteiger partial charge is 0.497 e. The number of rotatable bonds is 9. The Labute approximate surface area is 236 Å². The molecule has 0 amide bonds. The van der Waals surface area contributed by atoms with Gasteiger partial charge in [-0.3, -0.25) is 9.80 Å². The minimum absolute atomic E-state index is 0.165. The Balaban J connectivity index is 0.000000493. The highest BCUT2D eigenvalue weighted by molar-refractivity contribution is 5.87. The molecule has 5 rings (SSSR count). The zero-order valence-electron chi connectivity index (χ0n) is 23.1. The fourth-order valence-electron chi connectivity index (χ4n) is 5.73. The van der Waals surface area contributed by atoms with E-state index in [2.05, 4.69) is 26.9 Å². The molecule has 2 aromatic carbocycles. The maximum Gasteiger partial charge on any atom is 0.490 e. The summed E-state index contributed by atoms with van der Waals surface area (Å²) in [6.45, 7) is 5.27. The Morgan fingerprint density at radius 1 is 1.12 bits per heavy atom. The van der Waals surface area contributed by atoms with Crippen molar-refractivity contribution in [3.8, 4) is 11.5 Å². The van der Waals surface area contributed by atoms with E-state index in [9.17, 15) is 18.3 Å². The van der Waals surface area contributed by atoms with Gasteiger partial charge in [-0.1, -0.05) is 18.2 Å². The highest BCUT2D eigenvalue weighted by atomic mass is 19.4. The molecular weight excluding hydrogens is 543 g/mol. The van der Waals surface area contributed by atoms with Crippen molar-refractivity contribution >= 4 is 16.9 Å². The van der Waals surface area contributed by atoms with Crippen molar-refractivity contribution in [3.63, 3.8) is 0 Å². The number of β-amino-alcohol motifs (C(OH)–C–C–N with tert-alkyl or cyclic N) is 1. The van der Waals surface area contributed by atoms with Gasteiger partial charge in [-0.25, -0.2) is 4.79 Å². The van der Waals surface area contributed by atoms with Gasteiger partial charge in [0.15, 0.2) is 0 Å². The number of H-pyrrole nitrogens is 1. The second-order valence-electron chi connectivity index (χ2n) is 10.2. The maximum atomic E-state index is 10.6. The highest BCUT2D eigenvalue weighted by Gasteiger charge is 2.49. The molecule has 1 saturated heterocycles. The first kappa shape index (κ1) is 30.6. The standard InChI is InChI=1S/C27H35N3O4.C2HF3O2/c1-32-18-20(31)17-30-12-10-23-24-16-22(33-2)8-9-25(24)28-26(23)27(30)11-13-29(19-27)14-15-34-21-6-4-3-5-7-21;3-2(4,5)1(6)7/h3-9,16,20,28,31H,10-15,17-19H2,1-2H3;(H,6,7). The summed E-state index contributed by atoms with van der Waals surface area (Å²) >= 11 is 0. The number of ether oxygens (including phenoxy) is 3. The summed E-state index contributed by atoms with van der Waals surface area (Å²) in [6.07, 6.45) is -3.64. The number of halogens is 3. The number of fused-ring (bicyclic) bond motifs is 4. The molecule has 2 aliphatic rings. The van der Waals surface area contributed by atoms with Gasteiger partial charge in [-0.15, -0.1) is 0 Å². The second-order valence-corrected chi connectivity index (χ2v) is 10.2. The van der Waals surface area contributed by atoms with Crippen LogP contribution in [-0.4, -0.2) is 103 Å². The van der Waals surface area contributed by atoms with Crippen LogP contribution in [0.4, 0.5) is 13.2 Å². The van der Waals surface area contributed by atoms with E-state index in [4.69, 9.17) is 24.1 Å². The number of para-hydroxylation sites is 1. The fourth-order valence-corrected chi connectivity index (χ4v) is 5.73. The zero-order valence-corrected chi connectivity index (χ0v) is 23.1. The molecule has 224 valence electrons. The van der Waals surface area contributed by atoms with Crippen LogP contribution in [0.5, 0.6) is 11.5 Å². The van der Waals surface area contributed by atoms with E-state index in [0.717, 1.165) is 56.0 Å². The van der Waals surface area contributed by atoms with Crippen molar-refractivity contribution in [2.45, 2.75) is 30.7 Å². The number of hydrogen-bond donors (Lipinski definition) is 3. The molecular formula is C29H36F3N3O6. The summed E-state index contributed by atoms with van der Waals surface area (Å²) in [7, 11) is 3.36. The third-order valence-electron chi connectivity index (χ3n) is 7.59. The van der Waals surface area contributed by atoms with Crippen LogP contribution in [0.2, 0.25) is 0 Å². The van der Waals surface area contributed by atoms with E-state index in [-0.39, 0.29) is 5.54 Å². The Morgan fingerprint density at radius 2 is 1.85 bits per heavy atom. The van der Waals surface area contributed by atoms with Crippen LogP contribution in [0.1, 0.15) is 17.7 Å². The topological polar surface area (TPSA) is 107 Å². The summed E-state index contributed by atoms with van der Waals surface area (Å²) < 4.78 is 48.4. The lowest BCUT2D eigenvalue weighted by molar-refractivity contribution is -0.192. The monoisotopic (exact) mass is 579 g/mol. The van der Waals surface area contributed by atoms with Gasteiger partial charge in [0.05, 0.1) is 25.4 Å². The number of aliphatic hydroxyl groups excluding tert-OH is 1. The van der Waals surface area contributed by atoms with Crippen LogP contribution in [0, 0.1) is 0 Å². The van der Waals surface area contributed by atoms with Crippen molar-refractivity contribution in [2.75, 3.05) is 60.2 Å². The number of benzene rings is 2. The number of likely N-dealkylation sites (tertiary alicyclic amines) is 1. The number of nitrogens with one attached hydrogen (secondary N) is 1. The van der Waals surface area contributed by atoms with E-state index < -0.39 is 18.2 Å². The number of methoxy groups -OCH3 is 2. The Kier molecular flexibility index (Phi) is 9.80. The van der Waals surface area contributed by atoms with Crippen LogP contribution in [-0.2, 0) is 21.5 Å². The second kappa shape index (κ2) is 13.1. The molecule has 3 heterocycles. The van der Waals surface area contributed by atoms with Crippen LogP contribution in [0.15, 0.2) is 48.5 Å². The number of aromatic nitrogens is 1. The smallest absolute Gasteiger partial charge is 0.490 e. The van der Waals surface area contributed by atoms with Crippen molar-refractivity contribution in [1.82, 2.24) is 14.8 Å². The van der Waals surface area contributed by atoms with E-state index in [1.54, 1.807) is 14.2 Å². The summed E-state index contributed by atoms with van der Waals surface area (Å²) in [5.41, 5.74) is 3.66. The number of carbonyl (C=O) groups is 1. The molecule has 9 nitrogen and oxygen atoms in total. The molecule has 0 aliphatic carbocycles. The zero-order chi connectivity index (χ0) is 29.6. The Morgan fingerprint density at radius 3 is 2.51 bits per heavy atom. The first-order chi connectivity index (χ1) is 19.6. The molecule has 41 heavy (non-hydrogen) atoms. The number of alkyl halides is 3. The molecule has 1 aromatic heterocycles. The van der Waals surface area contributed by atoms with Crippen LogP contribution < -0.4 is 9.47 Å². The van der Waals surface area contributed by atoms with Crippen molar-refractivity contribution in [1.29, 1.82) is 0 Å². The number of aromatic amines is 1. The molecule has 2 unspecified atom stereocenters. The minimum Gasteiger partial charge on any atom is -0.497 e. The number of carboxylic acid groups (broad SMARTS) is 1. The lowest BCUT2D eigenvalue weighted by Crippen LogP contribution is -2.55. The molecule has 0 radical (unpaired) electrons. The molecule has 0 bridgehead atoms.